The van der Waals surface area contributed by atoms with E-state index in [1.165, 1.54) is 43.1 Å². The van der Waals surface area contributed by atoms with Gasteiger partial charge in [0.2, 0.25) is 0 Å². The van der Waals surface area contributed by atoms with Gasteiger partial charge in [0, 0.05) is 50.9 Å². The molecule has 5 nitrogen and oxygen atoms in total. The summed E-state index contributed by atoms with van der Waals surface area (Å²) in [5, 5.41) is 12.9. The Kier molecular flexibility index (Phi) is 7.07. The van der Waals surface area contributed by atoms with Crippen LogP contribution in [0, 0.1) is 0 Å². The second-order valence-corrected chi connectivity index (χ2v) is 15.9. The van der Waals surface area contributed by atoms with Gasteiger partial charge in [0.05, 0.1) is 16.7 Å². The van der Waals surface area contributed by atoms with Gasteiger partial charge in [0.1, 0.15) is 11.3 Å². The topological polar surface area (TPSA) is 56.7 Å². The Balaban J connectivity index is 1.10. The number of nitrogens with zero attached hydrogens (tertiary/aromatic N) is 4. The molecule has 0 bridgehead atoms. The second-order valence-electron chi connectivity index (χ2n) is 15.9. The van der Waals surface area contributed by atoms with Gasteiger partial charge >= 0.3 is 0 Å². The Morgan fingerprint density at radius 1 is 0.450 bits per heavy atom. The van der Waals surface area contributed by atoms with E-state index in [4.69, 9.17) is 19.4 Å². The molecule has 1 aliphatic carbocycles. The van der Waals surface area contributed by atoms with Crippen LogP contribution in [0.1, 0.15) is 17.7 Å². The predicted octanol–water partition coefficient (Wildman–Crippen LogP) is 14.3. The van der Waals surface area contributed by atoms with Crippen molar-refractivity contribution in [1.29, 1.82) is 0 Å². The van der Waals surface area contributed by atoms with Crippen LogP contribution >= 0.6 is 0 Å². The van der Waals surface area contributed by atoms with Gasteiger partial charge in [-0.15, -0.1) is 0 Å². The fourth-order valence-electron chi connectivity index (χ4n) is 9.54. The summed E-state index contributed by atoms with van der Waals surface area (Å²) in [6.07, 6.45) is 6.23. The van der Waals surface area contributed by atoms with Gasteiger partial charge in [-0.2, -0.15) is 0 Å². The number of rotatable bonds is 4. The van der Waals surface area contributed by atoms with E-state index in [-0.39, 0.29) is 0 Å². The molecule has 9 aromatic carbocycles. The number of fused-ring (bicyclic) bond motifs is 11. The largest absolute Gasteiger partial charge is 0.460 e. The number of furan rings is 1. The molecule has 0 saturated carbocycles. The number of aryl methyl sites for hydroxylation is 1. The molecule has 60 heavy (non-hydrogen) atoms. The first-order valence-corrected chi connectivity index (χ1v) is 20.6. The summed E-state index contributed by atoms with van der Waals surface area (Å²) in [5.41, 5.74) is 7.93. The molecule has 0 saturated heterocycles. The molecule has 0 N–H and O–H groups in total. The van der Waals surface area contributed by atoms with E-state index in [1.54, 1.807) is 0 Å². The van der Waals surface area contributed by atoms with Crippen LogP contribution in [0.25, 0.3) is 122 Å². The quantitative estimate of drug-likeness (QED) is 0.167. The van der Waals surface area contributed by atoms with E-state index in [2.05, 4.69) is 187 Å². The lowest BCUT2D eigenvalue weighted by Gasteiger charge is -2.14. The molecule has 0 aliphatic heterocycles. The zero-order valence-electron chi connectivity index (χ0n) is 32.4. The first-order valence-electron chi connectivity index (χ1n) is 20.6. The molecule has 0 atom stereocenters. The molecule has 0 spiro atoms. The van der Waals surface area contributed by atoms with Crippen molar-refractivity contribution in [2.45, 2.75) is 12.8 Å². The van der Waals surface area contributed by atoms with E-state index in [0.717, 1.165) is 79.3 Å². The Morgan fingerprint density at radius 3 is 1.90 bits per heavy atom. The monoisotopic (exact) mass is 766 g/mol. The highest BCUT2D eigenvalue weighted by Gasteiger charge is 2.24. The molecular weight excluding hydrogens is 733 g/mol. The Labute approximate surface area is 344 Å². The maximum atomic E-state index is 6.81. The average molecular weight is 767 g/mol. The van der Waals surface area contributed by atoms with Crippen molar-refractivity contribution >= 4 is 81.9 Å². The van der Waals surface area contributed by atoms with E-state index in [0.29, 0.717) is 17.5 Å². The number of aromatic nitrogens is 4. The molecule has 1 aliphatic rings. The highest BCUT2D eigenvalue weighted by molar-refractivity contribution is 6.14. The summed E-state index contributed by atoms with van der Waals surface area (Å²) < 4.78 is 9.18. The lowest BCUT2D eigenvalue weighted by molar-refractivity contribution is 0.546. The SMILES string of the molecule is C1=Cc2c(oc3cc(-n4c5ccccc5c5cc6ccccc6cc54)cc(-c4nc(-c5ccc6ccccc6c5)nc(-c5ccc6c(ccc7ccccc76)c5)n4)c23)CC1. The van der Waals surface area contributed by atoms with Crippen molar-refractivity contribution in [3.05, 3.63) is 187 Å². The van der Waals surface area contributed by atoms with Crippen LogP contribution in [0.2, 0.25) is 0 Å². The summed E-state index contributed by atoms with van der Waals surface area (Å²) in [4.78, 5) is 16.0. The lowest BCUT2D eigenvalue weighted by Crippen LogP contribution is -2.02. The number of para-hydroxylation sites is 1. The van der Waals surface area contributed by atoms with Crippen LogP contribution in [-0.2, 0) is 6.42 Å². The molecule has 5 heteroatoms. The highest BCUT2D eigenvalue weighted by atomic mass is 16.3. The van der Waals surface area contributed by atoms with Gasteiger partial charge in [-0.05, 0) is 85.9 Å². The minimum atomic E-state index is 0.599. The second kappa shape index (κ2) is 12.8. The van der Waals surface area contributed by atoms with Crippen molar-refractivity contribution in [3.8, 4) is 39.9 Å². The molecule has 280 valence electrons. The molecule has 0 unspecified atom stereocenters. The van der Waals surface area contributed by atoms with Gasteiger partial charge in [0.15, 0.2) is 17.5 Å². The van der Waals surface area contributed by atoms with Crippen LogP contribution in [0.3, 0.4) is 0 Å². The minimum Gasteiger partial charge on any atom is -0.460 e. The summed E-state index contributed by atoms with van der Waals surface area (Å²) in [6.45, 7) is 0. The smallest absolute Gasteiger partial charge is 0.164 e. The molecule has 3 heterocycles. The summed E-state index contributed by atoms with van der Waals surface area (Å²) in [5.74, 6) is 2.83. The van der Waals surface area contributed by atoms with Crippen molar-refractivity contribution in [1.82, 2.24) is 19.5 Å². The van der Waals surface area contributed by atoms with Crippen LogP contribution in [0.15, 0.2) is 180 Å². The van der Waals surface area contributed by atoms with Crippen LogP contribution in [-0.4, -0.2) is 19.5 Å². The van der Waals surface area contributed by atoms with Gasteiger partial charge < -0.3 is 8.98 Å². The molecular formula is C55H34N4O. The Morgan fingerprint density at radius 2 is 1.07 bits per heavy atom. The molecule has 0 radical (unpaired) electrons. The Hall–Kier alpha value is -7.89. The number of allylic oxidation sites excluding steroid dienone is 1. The third-order valence-electron chi connectivity index (χ3n) is 12.4. The molecule has 12 aromatic rings. The Bertz CT molecular complexity index is 3800. The van der Waals surface area contributed by atoms with Crippen molar-refractivity contribution in [2.24, 2.45) is 0 Å². The number of hydrogen-bond acceptors (Lipinski definition) is 4. The molecule has 0 fully saturated rings. The standard InChI is InChI=1S/C55H34N4O/c1-2-13-35-27-39(24-21-33(35)11-1)53-56-54(40-25-26-43-38(28-40)23-22-34-12-5-6-16-42(34)43)58-55(57-53)47-31-41(32-51-52(47)45-18-8-10-20-50(45)60-51)59-48-19-9-7-17-44(48)46-29-36-14-3-4-15-37(36)30-49(46)59/h1-9,11-19,21-32H,10,20H2. The number of benzene rings is 9. The summed E-state index contributed by atoms with van der Waals surface area (Å²) in [7, 11) is 0. The van der Waals surface area contributed by atoms with E-state index >= 15 is 0 Å². The van der Waals surface area contributed by atoms with E-state index in [9.17, 15) is 0 Å². The third kappa shape index (κ3) is 5.09. The molecule has 0 amide bonds. The fourth-order valence-corrected chi connectivity index (χ4v) is 9.54. The predicted molar refractivity (Wildman–Crippen MR) is 248 cm³/mol. The first kappa shape index (κ1) is 33.1. The number of hydrogen-bond donors (Lipinski definition) is 0. The fraction of sp³-hybridized carbons (Fsp3) is 0.0364. The molecule has 3 aromatic heterocycles. The van der Waals surface area contributed by atoms with Crippen LogP contribution < -0.4 is 0 Å². The first-order chi connectivity index (χ1) is 29.7. The van der Waals surface area contributed by atoms with Gasteiger partial charge in [0.25, 0.3) is 0 Å². The average Bonchev–Trinajstić information content (AvgIpc) is 3.85. The molecule has 13 rings (SSSR count). The van der Waals surface area contributed by atoms with Crippen LogP contribution in [0.5, 0.6) is 0 Å². The third-order valence-corrected chi connectivity index (χ3v) is 12.4. The maximum Gasteiger partial charge on any atom is 0.164 e. The van der Waals surface area contributed by atoms with Crippen molar-refractivity contribution in [2.75, 3.05) is 0 Å². The van der Waals surface area contributed by atoms with E-state index in [1.807, 2.05) is 0 Å². The van der Waals surface area contributed by atoms with Crippen molar-refractivity contribution < 1.29 is 4.42 Å². The van der Waals surface area contributed by atoms with Crippen LogP contribution in [0.4, 0.5) is 0 Å². The lowest BCUT2D eigenvalue weighted by atomic mass is 9.98. The minimum absolute atomic E-state index is 0.599. The van der Waals surface area contributed by atoms with Gasteiger partial charge in [-0.1, -0.05) is 140 Å². The van der Waals surface area contributed by atoms with Crippen molar-refractivity contribution in [3.63, 3.8) is 0 Å². The zero-order valence-corrected chi connectivity index (χ0v) is 32.4. The van der Waals surface area contributed by atoms with Gasteiger partial charge in [-0.3, -0.25) is 0 Å². The summed E-state index contributed by atoms with van der Waals surface area (Å²) >= 11 is 0. The van der Waals surface area contributed by atoms with E-state index < -0.39 is 0 Å². The maximum absolute atomic E-state index is 6.81. The van der Waals surface area contributed by atoms with Gasteiger partial charge in [-0.25, -0.2) is 15.0 Å². The highest BCUT2D eigenvalue weighted by Crippen LogP contribution is 2.42. The zero-order chi connectivity index (χ0) is 39.3. The summed E-state index contributed by atoms with van der Waals surface area (Å²) in [6, 6.07) is 60.7. The normalized spacial score (nSPS) is 12.8.